The largest absolute Gasteiger partial charge is 0.332 e. The molecule has 1 heterocycles. The molecule has 30 heavy (non-hydrogen) atoms. The zero-order valence-corrected chi connectivity index (χ0v) is 18.4. The number of nitrogens with zero attached hydrogens (tertiary/aromatic N) is 2. The van der Waals surface area contributed by atoms with E-state index in [1.54, 1.807) is 4.90 Å². The van der Waals surface area contributed by atoms with E-state index < -0.39 is 20.7 Å². The first kappa shape index (κ1) is 22.4. The van der Waals surface area contributed by atoms with Gasteiger partial charge in [0.1, 0.15) is 10.7 Å². The number of rotatable bonds is 7. The predicted octanol–water partition coefficient (Wildman–Crippen LogP) is 4.44. The van der Waals surface area contributed by atoms with Crippen molar-refractivity contribution in [2.24, 2.45) is 0 Å². The molecule has 0 saturated carbocycles. The zero-order chi connectivity index (χ0) is 21.7. The van der Waals surface area contributed by atoms with E-state index in [2.05, 4.69) is 0 Å². The summed E-state index contributed by atoms with van der Waals surface area (Å²) in [5.41, 5.74) is 1.16. The van der Waals surface area contributed by atoms with Crippen molar-refractivity contribution in [1.82, 2.24) is 9.21 Å². The molecule has 3 rings (SSSR count). The minimum Gasteiger partial charge on any atom is -0.332 e. The standard InChI is InChI=1S/C23H29FN2O3S/c1-3-18(2)26(17-19-10-6-4-7-11-19)23(27)20-12-13-21(24)22(16-20)30(28,29)25-14-8-5-9-15-25/h4,6-7,10-13,16,18H,3,5,8-9,14-15,17H2,1-2H3/t18-/m0/s1. The Morgan fingerprint density at radius 1 is 1.10 bits per heavy atom. The number of hydrogen-bond acceptors (Lipinski definition) is 3. The van der Waals surface area contributed by atoms with Crippen molar-refractivity contribution < 1.29 is 17.6 Å². The Bertz CT molecular complexity index is 973. The van der Waals surface area contributed by atoms with Gasteiger partial charge < -0.3 is 4.90 Å². The Labute approximate surface area is 178 Å². The van der Waals surface area contributed by atoms with Gasteiger partial charge in [0.2, 0.25) is 10.0 Å². The molecule has 5 nitrogen and oxygen atoms in total. The first-order valence-corrected chi connectivity index (χ1v) is 11.9. The molecule has 2 aromatic rings. The third-order valence-corrected chi connectivity index (χ3v) is 7.60. The van der Waals surface area contributed by atoms with E-state index in [9.17, 15) is 17.6 Å². The minimum atomic E-state index is -3.97. The Kier molecular flexibility index (Phi) is 7.26. The summed E-state index contributed by atoms with van der Waals surface area (Å²) in [6.45, 7) is 5.11. The topological polar surface area (TPSA) is 57.7 Å². The molecule has 162 valence electrons. The van der Waals surface area contributed by atoms with E-state index in [-0.39, 0.29) is 17.5 Å². The molecule has 1 aliphatic heterocycles. The van der Waals surface area contributed by atoms with E-state index in [0.717, 1.165) is 37.3 Å². The monoisotopic (exact) mass is 432 g/mol. The summed E-state index contributed by atoms with van der Waals surface area (Å²) in [5, 5.41) is 0. The Morgan fingerprint density at radius 2 is 1.77 bits per heavy atom. The molecule has 0 N–H and O–H groups in total. The van der Waals surface area contributed by atoms with Gasteiger partial charge in [-0.1, -0.05) is 43.7 Å². The number of carbonyl (C=O) groups is 1. The second kappa shape index (κ2) is 9.71. The number of carbonyl (C=O) groups excluding carboxylic acids is 1. The number of benzene rings is 2. The summed E-state index contributed by atoms with van der Waals surface area (Å²) < 4.78 is 41.8. The molecule has 1 fully saturated rings. The first-order chi connectivity index (χ1) is 14.3. The third-order valence-electron chi connectivity index (χ3n) is 5.69. The van der Waals surface area contributed by atoms with E-state index in [4.69, 9.17) is 0 Å². The van der Waals surface area contributed by atoms with E-state index in [1.807, 2.05) is 44.2 Å². The van der Waals surface area contributed by atoms with Crippen molar-refractivity contribution in [2.45, 2.75) is 57.0 Å². The molecule has 2 aromatic carbocycles. The van der Waals surface area contributed by atoms with E-state index in [1.165, 1.54) is 16.4 Å². The summed E-state index contributed by atoms with van der Waals surface area (Å²) >= 11 is 0. The fraction of sp³-hybridized carbons (Fsp3) is 0.435. The van der Waals surface area contributed by atoms with Crippen molar-refractivity contribution in [3.05, 3.63) is 65.5 Å². The van der Waals surface area contributed by atoms with Gasteiger partial charge in [0.05, 0.1) is 0 Å². The summed E-state index contributed by atoms with van der Waals surface area (Å²) in [5.74, 6) is -1.13. The lowest BCUT2D eigenvalue weighted by Gasteiger charge is -2.29. The molecule has 0 aliphatic carbocycles. The maximum Gasteiger partial charge on any atom is 0.254 e. The van der Waals surface area contributed by atoms with Crippen LogP contribution >= 0.6 is 0 Å². The average molecular weight is 433 g/mol. The van der Waals surface area contributed by atoms with Gasteiger partial charge in [-0.3, -0.25) is 4.79 Å². The molecule has 0 radical (unpaired) electrons. The third kappa shape index (κ3) is 4.90. The fourth-order valence-electron chi connectivity index (χ4n) is 3.67. The van der Waals surface area contributed by atoms with Crippen molar-refractivity contribution in [1.29, 1.82) is 0 Å². The van der Waals surface area contributed by atoms with Gasteiger partial charge in [0, 0.05) is 31.2 Å². The lowest BCUT2D eigenvalue weighted by atomic mass is 10.1. The van der Waals surface area contributed by atoms with Crippen LogP contribution in [0.3, 0.4) is 0 Å². The van der Waals surface area contributed by atoms with Gasteiger partial charge in [-0.25, -0.2) is 12.8 Å². The Balaban J connectivity index is 1.93. The van der Waals surface area contributed by atoms with Crippen LogP contribution in [0.5, 0.6) is 0 Å². The number of amides is 1. The second-order valence-corrected chi connectivity index (χ2v) is 9.69. The lowest BCUT2D eigenvalue weighted by molar-refractivity contribution is 0.0671. The molecule has 1 saturated heterocycles. The van der Waals surface area contributed by atoms with Crippen LogP contribution in [0.25, 0.3) is 0 Å². The van der Waals surface area contributed by atoms with Crippen molar-refractivity contribution in [3.63, 3.8) is 0 Å². The van der Waals surface area contributed by atoms with Crippen molar-refractivity contribution in [2.75, 3.05) is 13.1 Å². The fourth-order valence-corrected chi connectivity index (χ4v) is 5.28. The van der Waals surface area contributed by atoms with Crippen LogP contribution in [0.1, 0.15) is 55.5 Å². The molecule has 7 heteroatoms. The molecule has 1 atom stereocenters. The molecule has 1 aliphatic rings. The van der Waals surface area contributed by atoms with Crippen LogP contribution in [0.15, 0.2) is 53.4 Å². The van der Waals surface area contributed by atoms with Crippen LogP contribution in [0.2, 0.25) is 0 Å². The van der Waals surface area contributed by atoms with Crippen LogP contribution in [0, 0.1) is 5.82 Å². The normalized spacial score (nSPS) is 16.2. The summed E-state index contributed by atoms with van der Waals surface area (Å²) in [6.07, 6.45) is 3.24. The lowest BCUT2D eigenvalue weighted by Crippen LogP contribution is -2.38. The molecular formula is C23H29FN2O3S. The van der Waals surface area contributed by atoms with Gasteiger partial charge in [-0.05, 0) is 49.9 Å². The van der Waals surface area contributed by atoms with Gasteiger partial charge in [-0.2, -0.15) is 4.31 Å². The van der Waals surface area contributed by atoms with E-state index >= 15 is 0 Å². The summed E-state index contributed by atoms with van der Waals surface area (Å²) in [7, 11) is -3.97. The summed E-state index contributed by atoms with van der Waals surface area (Å²) in [4.78, 5) is 14.6. The van der Waals surface area contributed by atoms with Gasteiger partial charge in [0.25, 0.3) is 5.91 Å². The number of hydrogen-bond donors (Lipinski definition) is 0. The Morgan fingerprint density at radius 3 is 2.40 bits per heavy atom. The maximum absolute atomic E-state index is 14.5. The molecule has 0 aromatic heterocycles. The van der Waals surface area contributed by atoms with Crippen LogP contribution < -0.4 is 0 Å². The van der Waals surface area contributed by atoms with Crippen LogP contribution in [-0.2, 0) is 16.6 Å². The predicted molar refractivity (Wildman–Crippen MR) is 115 cm³/mol. The summed E-state index contributed by atoms with van der Waals surface area (Å²) in [6, 6.07) is 13.2. The maximum atomic E-state index is 14.5. The number of piperidine rings is 1. The van der Waals surface area contributed by atoms with Crippen LogP contribution in [-0.4, -0.2) is 42.7 Å². The molecular weight excluding hydrogens is 403 g/mol. The molecule has 1 amide bonds. The quantitative estimate of drug-likeness (QED) is 0.650. The highest BCUT2D eigenvalue weighted by molar-refractivity contribution is 7.89. The highest BCUT2D eigenvalue weighted by atomic mass is 32.2. The average Bonchev–Trinajstić information content (AvgIpc) is 2.78. The highest BCUT2D eigenvalue weighted by Crippen LogP contribution is 2.25. The van der Waals surface area contributed by atoms with Gasteiger partial charge in [-0.15, -0.1) is 0 Å². The molecule has 0 bridgehead atoms. The second-order valence-electron chi connectivity index (χ2n) is 7.79. The van der Waals surface area contributed by atoms with Gasteiger partial charge in [0.15, 0.2) is 0 Å². The number of sulfonamides is 1. The van der Waals surface area contributed by atoms with Gasteiger partial charge >= 0.3 is 0 Å². The van der Waals surface area contributed by atoms with Crippen molar-refractivity contribution in [3.8, 4) is 0 Å². The molecule has 0 unspecified atom stereocenters. The van der Waals surface area contributed by atoms with Crippen LogP contribution in [0.4, 0.5) is 4.39 Å². The SMILES string of the molecule is CC[C@H](C)N(Cc1ccccc1)C(=O)c1ccc(F)c(S(=O)(=O)N2CCCCC2)c1. The first-order valence-electron chi connectivity index (χ1n) is 10.5. The van der Waals surface area contributed by atoms with Crippen molar-refractivity contribution >= 4 is 15.9 Å². The zero-order valence-electron chi connectivity index (χ0n) is 17.6. The highest BCUT2D eigenvalue weighted by Gasteiger charge is 2.30. The Hall–Kier alpha value is -2.25. The number of halogens is 1. The van der Waals surface area contributed by atoms with E-state index in [0.29, 0.717) is 19.6 Å². The smallest absolute Gasteiger partial charge is 0.254 e. The minimum absolute atomic E-state index is 0.0510. The molecule has 0 spiro atoms.